The first kappa shape index (κ1) is 14.9. The van der Waals surface area contributed by atoms with Crippen LogP contribution in [0.4, 0.5) is 8.78 Å². The molecule has 0 radical (unpaired) electrons. The molecule has 110 valence electrons. The van der Waals surface area contributed by atoms with Crippen LogP contribution < -0.4 is 5.73 Å². The lowest BCUT2D eigenvalue weighted by atomic mass is 10.0. The fourth-order valence-electron chi connectivity index (χ4n) is 2.77. The highest BCUT2D eigenvalue weighted by Crippen LogP contribution is 2.25. The van der Waals surface area contributed by atoms with Gasteiger partial charge >= 0.3 is 0 Å². The molecule has 2 atom stereocenters. The van der Waals surface area contributed by atoms with Crippen molar-refractivity contribution in [3.63, 3.8) is 0 Å². The third kappa shape index (κ3) is 3.33. The smallest absolute Gasteiger partial charge is 0.222 e. The Kier molecular flexibility index (Phi) is 4.70. The second-order valence-electron chi connectivity index (χ2n) is 5.43. The maximum Gasteiger partial charge on any atom is 0.222 e. The molecule has 2 N–H and O–H groups in total. The number of halogens is 2. The van der Waals surface area contributed by atoms with E-state index in [1.54, 1.807) is 4.90 Å². The van der Waals surface area contributed by atoms with Crippen LogP contribution in [-0.4, -0.2) is 23.9 Å². The number of rotatable bonds is 5. The van der Waals surface area contributed by atoms with Gasteiger partial charge in [0.05, 0.1) is 6.04 Å². The van der Waals surface area contributed by atoms with Gasteiger partial charge in [-0.05, 0) is 18.4 Å². The second kappa shape index (κ2) is 6.31. The number of carbonyl (C=O) groups is 1. The lowest BCUT2D eigenvalue weighted by molar-refractivity contribution is -0.127. The third-order valence-electron chi connectivity index (χ3n) is 3.77. The molecule has 1 saturated heterocycles. The highest BCUT2D eigenvalue weighted by molar-refractivity contribution is 5.78. The van der Waals surface area contributed by atoms with Gasteiger partial charge in [0, 0.05) is 31.1 Å². The number of hydrogen-bond donors (Lipinski definition) is 1. The van der Waals surface area contributed by atoms with Gasteiger partial charge in [-0.1, -0.05) is 19.4 Å². The summed E-state index contributed by atoms with van der Waals surface area (Å²) in [7, 11) is 0. The van der Waals surface area contributed by atoms with Gasteiger partial charge in [0.15, 0.2) is 0 Å². The van der Waals surface area contributed by atoms with Gasteiger partial charge in [0.25, 0.3) is 0 Å². The minimum Gasteiger partial charge on any atom is -0.340 e. The van der Waals surface area contributed by atoms with E-state index in [0.717, 1.165) is 18.9 Å². The Balaban J connectivity index is 2.01. The lowest BCUT2D eigenvalue weighted by Gasteiger charge is -2.22. The van der Waals surface area contributed by atoms with Crippen molar-refractivity contribution in [2.45, 2.75) is 32.2 Å². The topological polar surface area (TPSA) is 46.3 Å². The molecule has 0 bridgehead atoms. The molecule has 0 spiro atoms. The van der Waals surface area contributed by atoms with E-state index in [1.807, 2.05) is 0 Å². The molecule has 2 rings (SSSR count). The van der Waals surface area contributed by atoms with Crippen molar-refractivity contribution in [2.75, 3.05) is 13.1 Å². The summed E-state index contributed by atoms with van der Waals surface area (Å²) in [5.41, 5.74) is 6.20. The van der Waals surface area contributed by atoms with E-state index in [4.69, 9.17) is 5.73 Å². The van der Waals surface area contributed by atoms with E-state index in [-0.39, 0.29) is 18.0 Å². The summed E-state index contributed by atoms with van der Waals surface area (Å²) in [6, 6.07) is 2.73. The zero-order chi connectivity index (χ0) is 14.7. The molecule has 1 aromatic carbocycles. The van der Waals surface area contributed by atoms with E-state index in [0.29, 0.717) is 18.9 Å². The molecule has 1 aliphatic rings. The summed E-state index contributed by atoms with van der Waals surface area (Å²) in [6.07, 6.45) is 2.61. The van der Waals surface area contributed by atoms with Crippen molar-refractivity contribution < 1.29 is 13.6 Å². The van der Waals surface area contributed by atoms with Crippen LogP contribution in [0.1, 0.15) is 37.8 Å². The van der Waals surface area contributed by atoms with Crippen molar-refractivity contribution in [1.82, 2.24) is 4.90 Å². The Hall–Kier alpha value is -1.49. The van der Waals surface area contributed by atoms with Gasteiger partial charge in [0.2, 0.25) is 5.91 Å². The van der Waals surface area contributed by atoms with Crippen LogP contribution in [0.25, 0.3) is 0 Å². The van der Waals surface area contributed by atoms with E-state index < -0.39 is 17.7 Å². The van der Waals surface area contributed by atoms with Gasteiger partial charge in [-0.3, -0.25) is 4.79 Å². The minimum atomic E-state index is -0.658. The molecule has 1 aliphatic heterocycles. The normalized spacial score (nSPS) is 20.5. The molecule has 0 aromatic heterocycles. The van der Waals surface area contributed by atoms with Crippen molar-refractivity contribution in [2.24, 2.45) is 11.7 Å². The SMILES string of the molecule is CCCC1CC(=O)N(CC(N)c2ccc(F)cc2F)C1. The molecule has 20 heavy (non-hydrogen) atoms. The molecule has 2 unspecified atom stereocenters. The van der Waals surface area contributed by atoms with Crippen LogP contribution in [0.2, 0.25) is 0 Å². The average Bonchev–Trinajstić information content (AvgIpc) is 2.70. The highest BCUT2D eigenvalue weighted by atomic mass is 19.1. The fourth-order valence-corrected chi connectivity index (χ4v) is 2.77. The maximum absolute atomic E-state index is 13.6. The molecule has 1 aromatic rings. The van der Waals surface area contributed by atoms with Gasteiger partial charge < -0.3 is 10.6 Å². The lowest BCUT2D eigenvalue weighted by Crippen LogP contribution is -2.33. The first-order valence-electron chi connectivity index (χ1n) is 6.99. The zero-order valence-electron chi connectivity index (χ0n) is 11.6. The Morgan fingerprint density at radius 2 is 2.20 bits per heavy atom. The van der Waals surface area contributed by atoms with Crippen LogP contribution in [0.15, 0.2) is 18.2 Å². The van der Waals surface area contributed by atoms with Crippen molar-refractivity contribution >= 4 is 5.91 Å². The van der Waals surface area contributed by atoms with E-state index in [9.17, 15) is 13.6 Å². The summed E-state index contributed by atoms with van der Waals surface area (Å²) in [5, 5.41) is 0. The Morgan fingerprint density at radius 1 is 1.45 bits per heavy atom. The molecule has 1 amide bonds. The molecule has 0 saturated carbocycles. The Labute approximate surface area is 117 Å². The van der Waals surface area contributed by atoms with Crippen LogP contribution >= 0.6 is 0 Å². The first-order chi connectivity index (χ1) is 9.51. The summed E-state index contributed by atoms with van der Waals surface area (Å²) in [6.45, 7) is 3.05. The molecular weight excluding hydrogens is 262 g/mol. The Bertz CT molecular complexity index is 493. The molecular formula is C15H20F2N2O. The van der Waals surface area contributed by atoms with Crippen molar-refractivity contribution in [1.29, 1.82) is 0 Å². The fraction of sp³-hybridized carbons (Fsp3) is 0.533. The number of nitrogens with zero attached hydrogens (tertiary/aromatic N) is 1. The van der Waals surface area contributed by atoms with Crippen molar-refractivity contribution in [3.8, 4) is 0 Å². The van der Waals surface area contributed by atoms with Gasteiger partial charge in [0.1, 0.15) is 11.6 Å². The Morgan fingerprint density at radius 3 is 2.85 bits per heavy atom. The van der Waals surface area contributed by atoms with Crippen LogP contribution in [0.3, 0.4) is 0 Å². The number of hydrogen-bond acceptors (Lipinski definition) is 2. The summed E-state index contributed by atoms with van der Waals surface area (Å²) in [5.74, 6) is -0.841. The minimum absolute atomic E-state index is 0.0708. The van der Waals surface area contributed by atoms with Crippen LogP contribution in [0, 0.1) is 17.6 Å². The molecule has 0 aliphatic carbocycles. The quantitative estimate of drug-likeness (QED) is 0.902. The molecule has 1 heterocycles. The summed E-state index contributed by atoms with van der Waals surface area (Å²) in [4.78, 5) is 13.6. The van der Waals surface area contributed by atoms with Gasteiger partial charge in [-0.15, -0.1) is 0 Å². The average molecular weight is 282 g/mol. The predicted octanol–water partition coefficient (Wildman–Crippen LogP) is 2.61. The van der Waals surface area contributed by atoms with Crippen molar-refractivity contribution in [3.05, 3.63) is 35.4 Å². The van der Waals surface area contributed by atoms with E-state index >= 15 is 0 Å². The van der Waals surface area contributed by atoms with Gasteiger partial charge in [-0.2, -0.15) is 0 Å². The molecule has 3 nitrogen and oxygen atoms in total. The first-order valence-corrected chi connectivity index (χ1v) is 6.99. The van der Waals surface area contributed by atoms with Crippen LogP contribution in [-0.2, 0) is 4.79 Å². The molecule has 5 heteroatoms. The third-order valence-corrected chi connectivity index (χ3v) is 3.77. The van der Waals surface area contributed by atoms with Crippen LogP contribution in [0.5, 0.6) is 0 Å². The number of carbonyl (C=O) groups excluding carboxylic acids is 1. The number of nitrogens with two attached hydrogens (primary N) is 1. The standard InChI is InChI=1S/C15H20F2N2O/c1-2-3-10-6-15(20)19(8-10)9-14(18)12-5-4-11(16)7-13(12)17/h4-5,7,10,14H,2-3,6,8-9,18H2,1H3. The zero-order valence-corrected chi connectivity index (χ0v) is 11.6. The van der Waals surface area contributed by atoms with E-state index in [1.165, 1.54) is 12.1 Å². The van der Waals surface area contributed by atoms with E-state index in [2.05, 4.69) is 6.92 Å². The largest absolute Gasteiger partial charge is 0.340 e. The highest BCUT2D eigenvalue weighted by Gasteiger charge is 2.30. The molecule has 1 fully saturated rings. The summed E-state index contributed by atoms with van der Waals surface area (Å²) < 4.78 is 26.5. The number of benzene rings is 1. The maximum atomic E-state index is 13.6. The predicted molar refractivity (Wildman–Crippen MR) is 72.9 cm³/mol. The second-order valence-corrected chi connectivity index (χ2v) is 5.43. The monoisotopic (exact) mass is 282 g/mol. The summed E-state index contributed by atoms with van der Waals surface area (Å²) >= 11 is 0. The number of amides is 1. The van der Waals surface area contributed by atoms with Gasteiger partial charge in [-0.25, -0.2) is 8.78 Å². The number of likely N-dealkylation sites (tertiary alicyclic amines) is 1.